The van der Waals surface area contributed by atoms with Gasteiger partial charge in [0.25, 0.3) is 11.8 Å². The molecule has 0 bridgehead atoms. The first-order chi connectivity index (χ1) is 12.9. The van der Waals surface area contributed by atoms with Crippen LogP contribution in [-0.4, -0.2) is 42.3 Å². The number of carbonyl (C=O) groups is 3. The van der Waals surface area contributed by atoms with E-state index >= 15 is 0 Å². The van der Waals surface area contributed by atoms with Gasteiger partial charge in [0.05, 0.1) is 11.4 Å². The van der Waals surface area contributed by atoms with Gasteiger partial charge in [-0.1, -0.05) is 5.16 Å². The fourth-order valence-electron chi connectivity index (χ4n) is 2.18. The molecular formula is C18H21N3O5S. The zero-order valence-electron chi connectivity index (χ0n) is 15.3. The zero-order valence-corrected chi connectivity index (χ0v) is 16.1. The smallest absolute Gasteiger partial charge is 0.316 e. The fraction of sp³-hybridized carbons (Fsp3) is 0.333. The Morgan fingerprint density at radius 2 is 1.89 bits per heavy atom. The van der Waals surface area contributed by atoms with Crippen molar-refractivity contribution in [2.45, 2.75) is 19.6 Å². The van der Waals surface area contributed by atoms with Gasteiger partial charge in [-0.15, -0.1) is 11.8 Å². The average molecular weight is 391 g/mol. The van der Waals surface area contributed by atoms with E-state index < -0.39 is 11.9 Å². The van der Waals surface area contributed by atoms with Gasteiger partial charge in [-0.25, -0.2) is 0 Å². The molecule has 0 fully saturated rings. The highest BCUT2D eigenvalue weighted by molar-refractivity contribution is 7.99. The van der Waals surface area contributed by atoms with Crippen LogP contribution in [0.4, 0.5) is 5.69 Å². The zero-order chi connectivity index (χ0) is 19.8. The molecule has 8 nitrogen and oxygen atoms in total. The number of ether oxygens (including phenoxy) is 1. The number of carbonyl (C=O) groups excluding carboxylic acids is 3. The molecular weight excluding hydrogens is 370 g/mol. The molecule has 0 saturated carbocycles. The van der Waals surface area contributed by atoms with Crippen LogP contribution in [0.3, 0.4) is 0 Å². The van der Waals surface area contributed by atoms with Crippen molar-refractivity contribution < 1.29 is 23.6 Å². The molecule has 1 aromatic heterocycles. The predicted octanol–water partition coefficient (Wildman–Crippen LogP) is 2.07. The molecule has 2 amide bonds. The number of aryl methyl sites for hydroxylation is 2. The van der Waals surface area contributed by atoms with E-state index in [-0.39, 0.29) is 18.3 Å². The topological polar surface area (TPSA) is 111 Å². The lowest BCUT2D eigenvalue weighted by Gasteiger charge is -2.07. The number of nitrogens with one attached hydrogen (secondary N) is 2. The number of esters is 1. The van der Waals surface area contributed by atoms with Gasteiger partial charge in [0.1, 0.15) is 5.76 Å². The second-order valence-electron chi connectivity index (χ2n) is 5.66. The lowest BCUT2D eigenvalue weighted by Crippen LogP contribution is -2.22. The molecule has 0 spiro atoms. The van der Waals surface area contributed by atoms with Crippen molar-refractivity contribution >= 4 is 35.2 Å². The number of amides is 2. The van der Waals surface area contributed by atoms with Gasteiger partial charge in [0.15, 0.2) is 6.61 Å². The van der Waals surface area contributed by atoms with E-state index in [9.17, 15) is 14.4 Å². The maximum absolute atomic E-state index is 11.8. The summed E-state index contributed by atoms with van der Waals surface area (Å²) in [7, 11) is 1.54. The number of hydrogen-bond acceptors (Lipinski definition) is 7. The van der Waals surface area contributed by atoms with Crippen molar-refractivity contribution in [3.63, 3.8) is 0 Å². The monoisotopic (exact) mass is 391 g/mol. The van der Waals surface area contributed by atoms with Crippen LogP contribution in [0, 0.1) is 13.8 Å². The molecule has 0 atom stereocenters. The SMILES string of the molecule is CNC(=O)c1ccc(NC(=O)COC(=O)CSCc2c(C)noc2C)cc1. The van der Waals surface area contributed by atoms with E-state index in [1.54, 1.807) is 31.3 Å². The summed E-state index contributed by atoms with van der Waals surface area (Å²) in [5.74, 6) is 0.299. The molecule has 0 saturated heterocycles. The number of rotatable bonds is 8. The first-order valence-electron chi connectivity index (χ1n) is 8.17. The third-order valence-corrected chi connectivity index (χ3v) is 4.60. The minimum Gasteiger partial charge on any atom is -0.455 e. The maximum Gasteiger partial charge on any atom is 0.316 e. The summed E-state index contributed by atoms with van der Waals surface area (Å²) in [5, 5.41) is 8.96. The molecule has 0 aliphatic rings. The molecule has 2 rings (SSSR count). The molecule has 2 aromatic rings. The lowest BCUT2D eigenvalue weighted by molar-refractivity contribution is -0.144. The van der Waals surface area contributed by atoms with Crippen molar-refractivity contribution in [2.24, 2.45) is 0 Å². The van der Waals surface area contributed by atoms with E-state index in [0.717, 1.165) is 17.0 Å². The van der Waals surface area contributed by atoms with Gasteiger partial charge < -0.3 is 19.9 Å². The second kappa shape index (κ2) is 9.77. The van der Waals surface area contributed by atoms with Crippen molar-refractivity contribution in [1.82, 2.24) is 10.5 Å². The Morgan fingerprint density at radius 3 is 2.48 bits per heavy atom. The molecule has 9 heteroatoms. The van der Waals surface area contributed by atoms with Gasteiger partial charge in [0, 0.05) is 29.6 Å². The number of benzene rings is 1. The summed E-state index contributed by atoms with van der Waals surface area (Å²) in [5.41, 5.74) is 2.76. The normalized spacial score (nSPS) is 10.3. The van der Waals surface area contributed by atoms with Crippen LogP contribution in [0.25, 0.3) is 0 Å². The second-order valence-corrected chi connectivity index (χ2v) is 6.65. The predicted molar refractivity (Wildman–Crippen MR) is 102 cm³/mol. The van der Waals surface area contributed by atoms with E-state index in [0.29, 0.717) is 17.0 Å². The summed E-state index contributed by atoms with van der Waals surface area (Å²) >= 11 is 1.37. The number of hydrogen-bond donors (Lipinski definition) is 2. The van der Waals surface area contributed by atoms with Crippen LogP contribution >= 0.6 is 11.8 Å². The van der Waals surface area contributed by atoms with Crippen molar-refractivity contribution in [3.05, 3.63) is 46.8 Å². The van der Waals surface area contributed by atoms with Gasteiger partial charge in [-0.05, 0) is 38.1 Å². The summed E-state index contributed by atoms with van der Waals surface area (Å²) < 4.78 is 10.0. The van der Waals surface area contributed by atoms with Crippen molar-refractivity contribution in [1.29, 1.82) is 0 Å². The van der Waals surface area contributed by atoms with Crippen LogP contribution < -0.4 is 10.6 Å². The largest absolute Gasteiger partial charge is 0.455 e. The summed E-state index contributed by atoms with van der Waals surface area (Å²) in [6, 6.07) is 6.38. The Morgan fingerprint density at radius 1 is 1.19 bits per heavy atom. The maximum atomic E-state index is 11.8. The summed E-state index contributed by atoms with van der Waals surface area (Å²) in [6.07, 6.45) is 0. The summed E-state index contributed by atoms with van der Waals surface area (Å²) in [4.78, 5) is 35.0. The molecule has 0 unspecified atom stereocenters. The number of aromatic nitrogens is 1. The number of anilines is 1. The van der Waals surface area contributed by atoms with Gasteiger partial charge in [-0.2, -0.15) is 0 Å². The van der Waals surface area contributed by atoms with Crippen LogP contribution in [-0.2, 0) is 20.1 Å². The van der Waals surface area contributed by atoms with Crippen molar-refractivity contribution in [3.8, 4) is 0 Å². The number of thioether (sulfide) groups is 1. The minimum absolute atomic E-state index is 0.123. The molecule has 0 aliphatic carbocycles. The van der Waals surface area contributed by atoms with E-state index in [1.165, 1.54) is 11.8 Å². The number of nitrogens with zero attached hydrogens (tertiary/aromatic N) is 1. The summed E-state index contributed by atoms with van der Waals surface area (Å²) in [6.45, 7) is 3.29. The van der Waals surface area contributed by atoms with Crippen LogP contribution in [0.2, 0.25) is 0 Å². The Kier molecular flexibility index (Phi) is 7.42. The molecule has 0 radical (unpaired) electrons. The Labute approximate surface area is 161 Å². The molecule has 27 heavy (non-hydrogen) atoms. The third kappa shape index (κ3) is 6.14. The Bertz CT molecular complexity index is 797. The Hall–Kier alpha value is -2.81. The third-order valence-electron chi connectivity index (χ3n) is 3.67. The van der Waals surface area contributed by atoms with E-state index in [1.807, 2.05) is 13.8 Å². The lowest BCUT2D eigenvalue weighted by atomic mass is 10.2. The highest BCUT2D eigenvalue weighted by atomic mass is 32.2. The van der Waals surface area contributed by atoms with Crippen LogP contribution in [0.15, 0.2) is 28.8 Å². The fourth-order valence-corrected chi connectivity index (χ4v) is 3.15. The Balaban J connectivity index is 1.70. The molecule has 2 N–H and O–H groups in total. The standard InChI is InChI=1S/C18H21N3O5S/c1-11-15(12(2)26-21-11)9-27-10-17(23)25-8-16(22)20-14-6-4-13(5-7-14)18(24)19-3/h4-7H,8-10H2,1-3H3,(H,19,24)(H,20,22). The quantitative estimate of drug-likeness (QED) is 0.663. The first-order valence-corrected chi connectivity index (χ1v) is 9.33. The highest BCUT2D eigenvalue weighted by Gasteiger charge is 2.12. The van der Waals surface area contributed by atoms with Gasteiger partial charge >= 0.3 is 5.97 Å². The highest BCUT2D eigenvalue weighted by Crippen LogP contribution is 2.19. The van der Waals surface area contributed by atoms with E-state index in [2.05, 4.69) is 15.8 Å². The minimum atomic E-state index is -0.475. The average Bonchev–Trinajstić information content (AvgIpc) is 2.98. The van der Waals surface area contributed by atoms with Gasteiger partial charge in [-0.3, -0.25) is 14.4 Å². The van der Waals surface area contributed by atoms with Crippen LogP contribution in [0.1, 0.15) is 27.4 Å². The van der Waals surface area contributed by atoms with E-state index in [4.69, 9.17) is 9.26 Å². The van der Waals surface area contributed by atoms with Crippen LogP contribution in [0.5, 0.6) is 0 Å². The van der Waals surface area contributed by atoms with Crippen molar-refractivity contribution in [2.75, 3.05) is 24.7 Å². The molecule has 144 valence electrons. The molecule has 1 aromatic carbocycles. The first kappa shape index (κ1) is 20.5. The molecule has 1 heterocycles. The molecule has 0 aliphatic heterocycles. The van der Waals surface area contributed by atoms with Gasteiger partial charge in [0.2, 0.25) is 0 Å².